The molecular formula is C18H16N2O7. The number of hydrogen-bond acceptors (Lipinski definition) is 6. The largest absolute Gasteiger partial charge is 0.480 e. The molecule has 2 amide bonds. The highest BCUT2D eigenvalue weighted by molar-refractivity contribution is 6.05. The van der Waals surface area contributed by atoms with Gasteiger partial charge in [-0.2, -0.15) is 0 Å². The maximum Gasteiger partial charge on any atom is 0.325 e. The standard InChI is InChI=1S/C18H16N2O7/c1-10(18(23)24)19-16(21)12(20-17(22)14-3-2-6-25-14)7-11-4-5-13-15(8-11)27-9-26-13/h2-8,10H,9H2,1H3,(H,19,21)(H,20,22)(H,23,24). The number of amides is 2. The monoisotopic (exact) mass is 372 g/mol. The lowest BCUT2D eigenvalue weighted by atomic mass is 10.1. The Labute approximate surface area is 153 Å². The molecule has 9 heteroatoms. The van der Waals surface area contributed by atoms with Crippen molar-refractivity contribution < 1.29 is 33.4 Å². The lowest BCUT2D eigenvalue weighted by molar-refractivity contribution is -0.140. The van der Waals surface area contributed by atoms with Gasteiger partial charge in [-0.05, 0) is 42.8 Å². The first-order chi connectivity index (χ1) is 12.9. The number of carbonyl (C=O) groups is 3. The molecule has 0 aliphatic carbocycles. The fourth-order valence-corrected chi connectivity index (χ4v) is 2.26. The molecule has 27 heavy (non-hydrogen) atoms. The van der Waals surface area contributed by atoms with E-state index in [2.05, 4.69) is 10.6 Å². The van der Waals surface area contributed by atoms with E-state index >= 15 is 0 Å². The second-order valence-corrected chi connectivity index (χ2v) is 5.64. The Hall–Kier alpha value is -3.75. The fraction of sp³-hybridized carbons (Fsp3) is 0.167. The summed E-state index contributed by atoms with van der Waals surface area (Å²) in [5.41, 5.74) is 0.399. The summed E-state index contributed by atoms with van der Waals surface area (Å²) in [5.74, 6) is -1.54. The third-order valence-electron chi connectivity index (χ3n) is 3.66. The number of aliphatic carboxylic acids is 1. The summed E-state index contributed by atoms with van der Waals surface area (Å²) < 4.78 is 15.5. The van der Waals surface area contributed by atoms with Gasteiger partial charge in [0.25, 0.3) is 11.8 Å². The van der Waals surface area contributed by atoms with Crippen LogP contribution in [0.5, 0.6) is 11.5 Å². The molecule has 0 radical (unpaired) electrons. The SMILES string of the molecule is CC(NC(=O)C(=Cc1ccc2c(c1)OCO2)NC(=O)c1ccco1)C(=O)O. The second-order valence-electron chi connectivity index (χ2n) is 5.64. The van der Waals surface area contributed by atoms with Gasteiger partial charge in [0.15, 0.2) is 17.3 Å². The first-order valence-electron chi connectivity index (χ1n) is 7.94. The van der Waals surface area contributed by atoms with Crippen molar-refractivity contribution in [2.75, 3.05) is 6.79 Å². The van der Waals surface area contributed by atoms with Gasteiger partial charge in [0.05, 0.1) is 6.26 Å². The number of carbonyl (C=O) groups excluding carboxylic acids is 2. The molecule has 0 bridgehead atoms. The molecule has 2 aromatic rings. The number of benzene rings is 1. The number of ether oxygens (including phenoxy) is 2. The summed E-state index contributed by atoms with van der Waals surface area (Å²) in [6.45, 7) is 1.41. The van der Waals surface area contributed by atoms with Crippen LogP contribution in [0, 0.1) is 0 Å². The normalized spacial score (nSPS) is 13.7. The van der Waals surface area contributed by atoms with E-state index in [0.717, 1.165) is 0 Å². The van der Waals surface area contributed by atoms with E-state index in [4.69, 9.17) is 19.0 Å². The lowest BCUT2D eigenvalue weighted by Gasteiger charge is -2.13. The number of fused-ring (bicyclic) bond motifs is 1. The molecule has 1 unspecified atom stereocenters. The number of rotatable bonds is 6. The molecule has 9 nitrogen and oxygen atoms in total. The van der Waals surface area contributed by atoms with Crippen molar-refractivity contribution in [2.45, 2.75) is 13.0 Å². The molecule has 1 aromatic heterocycles. The quantitative estimate of drug-likeness (QED) is 0.654. The van der Waals surface area contributed by atoms with Gasteiger partial charge in [-0.15, -0.1) is 0 Å². The second kappa shape index (κ2) is 7.65. The van der Waals surface area contributed by atoms with Gasteiger partial charge in [0.2, 0.25) is 6.79 Å². The highest BCUT2D eigenvalue weighted by Crippen LogP contribution is 2.33. The molecule has 0 saturated carbocycles. The van der Waals surface area contributed by atoms with E-state index < -0.39 is 23.8 Å². The van der Waals surface area contributed by atoms with Crippen LogP contribution < -0.4 is 20.1 Å². The third-order valence-corrected chi connectivity index (χ3v) is 3.66. The summed E-state index contributed by atoms with van der Waals surface area (Å²) >= 11 is 0. The Morgan fingerprint density at radius 2 is 1.96 bits per heavy atom. The fourth-order valence-electron chi connectivity index (χ4n) is 2.26. The zero-order valence-corrected chi connectivity index (χ0v) is 14.2. The molecule has 1 aliphatic rings. The summed E-state index contributed by atoms with van der Waals surface area (Å²) in [5, 5.41) is 13.7. The van der Waals surface area contributed by atoms with Crippen molar-refractivity contribution in [1.29, 1.82) is 0 Å². The van der Waals surface area contributed by atoms with E-state index in [1.165, 1.54) is 31.4 Å². The number of nitrogens with one attached hydrogen (secondary N) is 2. The molecule has 3 N–H and O–H groups in total. The number of furan rings is 1. The van der Waals surface area contributed by atoms with Gasteiger partial charge in [-0.1, -0.05) is 6.07 Å². The van der Waals surface area contributed by atoms with Crippen LogP contribution in [0.1, 0.15) is 23.0 Å². The molecule has 1 atom stereocenters. The Bertz CT molecular complexity index is 902. The lowest BCUT2D eigenvalue weighted by Crippen LogP contribution is -2.42. The minimum Gasteiger partial charge on any atom is -0.480 e. The molecule has 140 valence electrons. The van der Waals surface area contributed by atoms with Crippen LogP contribution in [0.4, 0.5) is 0 Å². The van der Waals surface area contributed by atoms with Crippen LogP contribution in [0.3, 0.4) is 0 Å². The van der Waals surface area contributed by atoms with Gasteiger partial charge in [-0.25, -0.2) is 0 Å². The Morgan fingerprint density at radius 1 is 1.19 bits per heavy atom. The van der Waals surface area contributed by atoms with Crippen molar-refractivity contribution in [3.63, 3.8) is 0 Å². The van der Waals surface area contributed by atoms with Crippen LogP contribution in [0.25, 0.3) is 6.08 Å². The summed E-state index contributed by atoms with van der Waals surface area (Å²) in [7, 11) is 0. The smallest absolute Gasteiger partial charge is 0.325 e. The third kappa shape index (κ3) is 4.27. The van der Waals surface area contributed by atoms with Gasteiger partial charge in [-0.3, -0.25) is 14.4 Å². The average Bonchev–Trinajstić information content (AvgIpc) is 3.32. The predicted molar refractivity (Wildman–Crippen MR) is 92.0 cm³/mol. The van der Waals surface area contributed by atoms with Crippen LogP contribution in [0.2, 0.25) is 0 Å². The highest BCUT2D eigenvalue weighted by atomic mass is 16.7. The first kappa shape index (κ1) is 18.1. The summed E-state index contributed by atoms with van der Waals surface area (Å²) in [6, 6.07) is 6.79. The van der Waals surface area contributed by atoms with Crippen molar-refractivity contribution in [1.82, 2.24) is 10.6 Å². The summed E-state index contributed by atoms with van der Waals surface area (Å²) in [4.78, 5) is 35.7. The van der Waals surface area contributed by atoms with Crippen LogP contribution in [-0.2, 0) is 9.59 Å². The minimum absolute atomic E-state index is 0.00525. The van der Waals surface area contributed by atoms with Crippen LogP contribution in [0.15, 0.2) is 46.7 Å². The highest BCUT2D eigenvalue weighted by Gasteiger charge is 2.21. The molecular weight excluding hydrogens is 356 g/mol. The Balaban J connectivity index is 1.87. The maximum atomic E-state index is 12.5. The molecule has 0 saturated heterocycles. The number of carboxylic acid groups (broad SMARTS) is 1. The molecule has 2 heterocycles. The summed E-state index contributed by atoms with van der Waals surface area (Å²) in [6.07, 6.45) is 2.72. The number of carboxylic acids is 1. The van der Waals surface area contributed by atoms with Gasteiger partial charge < -0.3 is 29.6 Å². The average molecular weight is 372 g/mol. The Morgan fingerprint density at radius 3 is 2.67 bits per heavy atom. The van der Waals surface area contributed by atoms with Crippen LogP contribution in [-0.4, -0.2) is 35.7 Å². The minimum atomic E-state index is -1.21. The van der Waals surface area contributed by atoms with Gasteiger partial charge >= 0.3 is 5.97 Å². The van der Waals surface area contributed by atoms with Crippen molar-refractivity contribution >= 4 is 23.9 Å². The van der Waals surface area contributed by atoms with E-state index in [1.807, 2.05) is 0 Å². The molecule has 0 fully saturated rings. The molecule has 1 aliphatic heterocycles. The van der Waals surface area contributed by atoms with E-state index in [1.54, 1.807) is 18.2 Å². The number of hydrogen-bond donors (Lipinski definition) is 3. The maximum absolute atomic E-state index is 12.5. The van der Waals surface area contributed by atoms with Crippen LogP contribution >= 0.6 is 0 Å². The van der Waals surface area contributed by atoms with E-state index in [0.29, 0.717) is 17.1 Å². The zero-order valence-electron chi connectivity index (χ0n) is 14.2. The molecule has 3 rings (SSSR count). The van der Waals surface area contributed by atoms with Crippen molar-refractivity contribution in [3.05, 3.63) is 53.6 Å². The predicted octanol–water partition coefficient (Wildman–Crippen LogP) is 1.37. The van der Waals surface area contributed by atoms with Gasteiger partial charge in [0, 0.05) is 0 Å². The first-order valence-corrected chi connectivity index (χ1v) is 7.94. The molecule has 1 aromatic carbocycles. The Kier molecular flexibility index (Phi) is 5.11. The molecule has 0 spiro atoms. The van der Waals surface area contributed by atoms with Crippen molar-refractivity contribution in [3.8, 4) is 11.5 Å². The zero-order chi connectivity index (χ0) is 19.4. The van der Waals surface area contributed by atoms with E-state index in [9.17, 15) is 14.4 Å². The van der Waals surface area contributed by atoms with E-state index in [-0.39, 0.29) is 18.3 Å². The van der Waals surface area contributed by atoms with Gasteiger partial charge in [0.1, 0.15) is 11.7 Å². The van der Waals surface area contributed by atoms with Crippen molar-refractivity contribution in [2.24, 2.45) is 0 Å². The topological polar surface area (TPSA) is 127 Å².